The van der Waals surface area contributed by atoms with Crippen molar-refractivity contribution in [3.05, 3.63) is 52.2 Å². The van der Waals surface area contributed by atoms with Crippen LogP contribution in [0.2, 0.25) is 0 Å². The quantitative estimate of drug-likeness (QED) is 0.653. The molecular formula is C24H26N4O4S. The van der Waals surface area contributed by atoms with Crippen LogP contribution in [-0.4, -0.2) is 52.8 Å². The maximum Gasteiger partial charge on any atom is 0.409 e. The van der Waals surface area contributed by atoms with Gasteiger partial charge in [-0.2, -0.15) is 5.26 Å². The summed E-state index contributed by atoms with van der Waals surface area (Å²) in [5.41, 5.74) is 2.33. The fraction of sp³-hybridized carbons (Fsp3) is 0.417. The molecule has 8 nitrogen and oxygen atoms in total. The zero-order chi connectivity index (χ0) is 23.2. The fourth-order valence-corrected chi connectivity index (χ4v) is 5.45. The van der Waals surface area contributed by atoms with Crippen molar-refractivity contribution in [2.45, 2.75) is 38.2 Å². The van der Waals surface area contributed by atoms with Crippen LogP contribution in [-0.2, 0) is 22.4 Å². The largest absolute Gasteiger partial charge is 0.449 e. The highest BCUT2D eigenvalue weighted by Gasteiger charge is 2.28. The summed E-state index contributed by atoms with van der Waals surface area (Å²) in [6.45, 7) is 1.36. The number of pyridine rings is 1. The van der Waals surface area contributed by atoms with E-state index in [2.05, 4.69) is 16.4 Å². The van der Waals surface area contributed by atoms with Gasteiger partial charge in [0.25, 0.3) is 0 Å². The molecule has 0 spiro atoms. The van der Waals surface area contributed by atoms with Gasteiger partial charge in [-0.25, -0.2) is 4.79 Å². The minimum absolute atomic E-state index is 0.177. The molecule has 0 bridgehead atoms. The lowest BCUT2D eigenvalue weighted by molar-refractivity contribution is -0.111. The number of anilines is 1. The number of thiophene rings is 1. The topological polar surface area (TPSA) is 116 Å². The number of ether oxygens (including phenoxy) is 1. The van der Waals surface area contributed by atoms with Gasteiger partial charge in [0.15, 0.2) is 0 Å². The summed E-state index contributed by atoms with van der Waals surface area (Å²) in [6, 6.07) is 5.89. The monoisotopic (exact) mass is 466 g/mol. The SMILES string of the molecule is N#Cc1c(NC(=O)C=Cc2cccnc2)sc2c1CCC(COC(=O)N1CCC(O)CC1)C2. The van der Waals surface area contributed by atoms with Crippen molar-refractivity contribution < 1.29 is 19.4 Å². The Kier molecular flexibility index (Phi) is 7.37. The third kappa shape index (κ3) is 5.78. The second kappa shape index (κ2) is 10.6. The van der Waals surface area contributed by atoms with Crippen LogP contribution in [0.3, 0.4) is 0 Å². The molecule has 2 aliphatic rings. The molecule has 1 aliphatic heterocycles. The Bertz CT molecular complexity index is 1070. The molecule has 2 aromatic heterocycles. The Morgan fingerprint density at radius 1 is 1.36 bits per heavy atom. The van der Waals surface area contributed by atoms with Gasteiger partial charge in [0.1, 0.15) is 11.1 Å². The van der Waals surface area contributed by atoms with Gasteiger partial charge in [-0.1, -0.05) is 6.07 Å². The number of nitriles is 1. The second-order valence-electron chi connectivity index (χ2n) is 8.33. The van der Waals surface area contributed by atoms with E-state index < -0.39 is 0 Å². The summed E-state index contributed by atoms with van der Waals surface area (Å²) in [7, 11) is 0. The fourth-order valence-electron chi connectivity index (χ4n) is 4.13. The van der Waals surface area contributed by atoms with E-state index in [-0.39, 0.29) is 24.0 Å². The Balaban J connectivity index is 1.34. The molecule has 0 radical (unpaired) electrons. The number of aliphatic hydroxyl groups is 1. The van der Waals surface area contributed by atoms with E-state index in [0.717, 1.165) is 22.4 Å². The molecule has 1 unspecified atom stereocenters. The van der Waals surface area contributed by atoms with E-state index in [9.17, 15) is 20.0 Å². The number of fused-ring (bicyclic) bond motifs is 1. The molecule has 0 aromatic carbocycles. The predicted molar refractivity (Wildman–Crippen MR) is 125 cm³/mol. The maximum atomic E-state index is 12.4. The molecule has 1 saturated heterocycles. The number of amides is 2. The zero-order valence-corrected chi connectivity index (χ0v) is 19.0. The third-order valence-corrected chi connectivity index (χ3v) is 7.16. The van der Waals surface area contributed by atoms with E-state index in [1.807, 2.05) is 6.07 Å². The van der Waals surface area contributed by atoms with Crippen LogP contribution in [0.4, 0.5) is 9.80 Å². The molecule has 2 aromatic rings. The van der Waals surface area contributed by atoms with Crippen molar-refractivity contribution >= 4 is 34.4 Å². The van der Waals surface area contributed by atoms with Crippen molar-refractivity contribution in [3.8, 4) is 6.07 Å². The van der Waals surface area contributed by atoms with Gasteiger partial charge >= 0.3 is 6.09 Å². The summed E-state index contributed by atoms with van der Waals surface area (Å²) in [6.07, 6.45) is 9.18. The van der Waals surface area contributed by atoms with Crippen LogP contribution in [0, 0.1) is 17.2 Å². The average molecular weight is 467 g/mol. The lowest BCUT2D eigenvalue weighted by Gasteiger charge is -2.30. The van der Waals surface area contributed by atoms with Crippen molar-refractivity contribution in [1.82, 2.24) is 9.88 Å². The highest BCUT2D eigenvalue weighted by atomic mass is 32.1. The number of likely N-dealkylation sites (tertiary alicyclic amines) is 1. The van der Waals surface area contributed by atoms with Crippen LogP contribution in [0.15, 0.2) is 30.6 Å². The molecule has 9 heteroatoms. The molecule has 2 amide bonds. The predicted octanol–water partition coefficient (Wildman–Crippen LogP) is 3.36. The van der Waals surface area contributed by atoms with Gasteiger partial charge in [0, 0.05) is 36.4 Å². The molecular weight excluding hydrogens is 440 g/mol. The van der Waals surface area contributed by atoms with Gasteiger partial charge in [-0.05, 0) is 61.3 Å². The van der Waals surface area contributed by atoms with Crippen LogP contribution < -0.4 is 5.32 Å². The van der Waals surface area contributed by atoms with Gasteiger partial charge in [0.2, 0.25) is 5.91 Å². The Hall–Kier alpha value is -3.22. The number of aromatic nitrogens is 1. The van der Waals surface area contributed by atoms with Crippen LogP contribution in [0.25, 0.3) is 6.08 Å². The van der Waals surface area contributed by atoms with Crippen LogP contribution in [0.5, 0.6) is 0 Å². The Labute approximate surface area is 196 Å². The van der Waals surface area contributed by atoms with Crippen molar-refractivity contribution in [3.63, 3.8) is 0 Å². The number of aliphatic hydroxyl groups excluding tert-OH is 1. The summed E-state index contributed by atoms with van der Waals surface area (Å²) in [5, 5.41) is 22.7. The Morgan fingerprint density at radius 3 is 2.91 bits per heavy atom. The summed E-state index contributed by atoms with van der Waals surface area (Å²) >= 11 is 1.42. The lowest BCUT2D eigenvalue weighted by Crippen LogP contribution is -2.41. The smallest absolute Gasteiger partial charge is 0.409 e. The zero-order valence-electron chi connectivity index (χ0n) is 18.2. The van der Waals surface area contributed by atoms with E-state index >= 15 is 0 Å². The number of hydrogen-bond acceptors (Lipinski definition) is 7. The van der Waals surface area contributed by atoms with Crippen LogP contribution >= 0.6 is 11.3 Å². The molecule has 172 valence electrons. The first-order valence-electron chi connectivity index (χ1n) is 11.1. The first-order chi connectivity index (χ1) is 16.0. The van der Waals surface area contributed by atoms with Gasteiger partial charge in [0.05, 0.1) is 18.3 Å². The Morgan fingerprint density at radius 2 is 2.18 bits per heavy atom. The molecule has 1 atom stereocenters. The highest BCUT2D eigenvalue weighted by molar-refractivity contribution is 7.16. The minimum Gasteiger partial charge on any atom is -0.449 e. The first-order valence-corrected chi connectivity index (χ1v) is 11.9. The molecule has 33 heavy (non-hydrogen) atoms. The number of hydrogen-bond donors (Lipinski definition) is 2. The molecule has 3 heterocycles. The number of piperidine rings is 1. The standard InChI is InChI=1S/C24H26N4O4S/c25-13-20-19-5-3-17(15-32-24(31)28-10-7-18(29)8-11-28)12-21(19)33-23(20)27-22(30)6-4-16-2-1-9-26-14-16/h1-2,4,6,9,14,17-18,29H,3,5,7-8,10-12,15H2,(H,27,30). The van der Waals surface area contributed by atoms with E-state index in [4.69, 9.17) is 4.74 Å². The van der Waals surface area contributed by atoms with E-state index in [1.54, 1.807) is 29.4 Å². The van der Waals surface area contributed by atoms with Gasteiger partial charge in [-0.3, -0.25) is 9.78 Å². The van der Waals surface area contributed by atoms with Gasteiger partial charge < -0.3 is 20.1 Å². The third-order valence-electron chi connectivity index (χ3n) is 5.99. The van der Waals surface area contributed by atoms with E-state index in [1.165, 1.54) is 17.4 Å². The average Bonchev–Trinajstić information content (AvgIpc) is 3.18. The van der Waals surface area contributed by atoms with Crippen molar-refractivity contribution in [2.75, 3.05) is 25.0 Å². The maximum absolute atomic E-state index is 12.4. The normalized spacial score (nSPS) is 18.5. The van der Waals surface area contributed by atoms with E-state index in [0.29, 0.717) is 55.9 Å². The number of nitrogens with zero attached hydrogens (tertiary/aromatic N) is 3. The van der Waals surface area contributed by atoms with Crippen LogP contribution in [0.1, 0.15) is 40.8 Å². The summed E-state index contributed by atoms with van der Waals surface area (Å²) in [4.78, 5) is 31.4. The summed E-state index contributed by atoms with van der Waals surface area (Å²) < 4.78 is 5.53. The molecule has 1 fully saturated rings. The highest BCUT2D eigenvalue weighted by Crippen LogP contribution is 2.39. The molecule has 0 saturated carbocycles. The summed E-state index contributed by atoms with van der Waals surface area (Å²) in [5.74, 6) is -0.123. The number of rotatable bonds is 5. The van der Waals surface area contributed by atoms with Crippen molar-refractivity contribution in [2.24, 2.45) is 5.92 Å². The number of carbonyl (C=O) groups is 2. The van der Waals surface area contributed by atoms with Gasteiger partial charge in [-0.15, -0.1) is 11.3 Å². The van der Waals surface area contributed by atoms with Crippen molar-refractivity contribution in [1.29, 1.82) is 5.26 Å². The first kappa shape index (κ1) is 23.0. The molecule has 4 rings (SSSR count). The lowest BCUT2D eigenvalue weighted by atomic mass is 9.88. The molecule has 2 N–H and O–H groups in total. The number of nitrogens with one attached hydrogen (secondary N) is 1. The molecule has 1 aliphatic carbocycles. The second-order valence-corrected chi connectivity index (χ2v) is 9.44. The number of carbonyl (C=O) groups excluding carboxylic acids is 2. The minimum atomic E-state index is -0.334.